The Kier molecular flexibility index (Phi) is 4.77. The van der Waals surface area contributed by atoms with Gasteiger partial charge in [0.2, 0.25) is 0 Å². The summed E-state index contributed by atoms with van der Waals surface area (Å²) in [4.78, 5) is 11.8. The molecule has 88 valence electrons. The topological polar surface area (TPSA) is 49.3 Å². The van der Waals surface area contributed by atoms with E-state index in [1.807, 2.05) is 13.8 Å². The number of hydrogen-bond donors (Lipinski definition) is 2. The first-order valence-corrected chi connectivity index (χ1v) is 5.64. The number of aryl methyl sites for hydroxylation is 1. The molecule has 0 unspecified atom stereocenters. The van der Waals surface area contributed by atoms with E-state index in [0.29, 0.717) is 17.0 Å². The van der Waals surface area contributed by atoms with Gasteiger partial charge < -0.3 is 10.4 Å². The molecule has 0 fully saturated rings. The molecule has 0 aromatic heterocycles. The number of nitrogens with one attached hydrogen (secondary N) is 1. The van der Waals surface area contributed by atoms with Gasteiger partial charge in [-0.2, -0.15) is 0 Å². The highest BCUT2D eigenvalue weighted by Crippen LogP contribution is 2.16. The average molecular weight is 242 g/mol. The second-order valence-corrected chi connectivity index (χ2v) is 4.13. The first-order chi connectivity index (χ1) is 7.58. The van der Waals surface area contributed by atoms with Gasteiger partial charge in [-0.15, -0.1) is 0 Å². The van der Waals surface area contributed by atoms with Crippen LogP contribution in [-0.4, -0.2) is 23.7 Å². The number of rotatable bonds is 4. The Morgan fingerprint density at radius 2 is 2.25 bits per heavy atom. The van der Waals surface area contributed by atoms with Gasteiger partial charge in [-0.3, -0.25) is 4.79 Å². The van der Waals surface area contributed by atoms with Crippen molar-refractivity contribution in [3.8, 4) is 0 Å². The van der Waals surface area contributed by atoms with Gasteiger partial charge in [0, 0.05) is 10.6 Å². The molecular formula is C12H16ClNO2. The lowest BCUT2D eigenvalue weighted by molar-refractivity contribution is 0.0915. The molecule has 0 aliphatic rings. The normalized spacial score (nSPS) is 12.2. The molecule has 1 amide bonds. The zero-order valence-electron chi connectivity index (χ0n) is 9.46. The van der Waals surface area contributed by atoms with Crippen molar-refractivity contribution in [2.45, 2.75) is 26.3 Å². The van der Waals surface area contributed by atoms with E-state index in [0.717, 1.165) is 5.56 Å². The Balaban J connectivity index is 2.76. The molecule has 2 N–H and O–H groups in total. The minimum atomic E-state index is -0.206. The number of amides is 1. The van der Waals surface area contributed by atoms with E-state index in [1.165, 1.54) is 0 Å². The van der Waals surface area contributed by atoms with E-state index < -0.39 is 0 Å². The molecule has 0 aliphatic carbocycles. The number of carbonyl (C=O) groups excluding carboxylic acids is 1. The molecule has 4 heteroatoms. The maximum absolute atomic E-state index is 11.8. The fraction of sp³-hybridized carbons (Fsp3) is 0.417. The van der Waals surface area contributed by atoms with E-state index in [2.05, 4.69) is 5.32 Å². The Morgan fingerprint density at radius 3 is 2.75 bits per heavy atom. The van der Waals surface area contributed by atoms with Gasteiger partial charge in [0.1, 0.15) is 0 Å². The molecule has 0 bridgehead atoms. The van der Waals surface area contributed by atoms with Crippen LogP contribution in [-0.2, 0) is 0 Å². The first-order valence-electron chi connectivity index (χ1n) is 5.26. The summed E-state index contributed by atoms with van der Waals surface area (Å²) in [6.45, 7) is 3.73. The van der Waals surface area contributed by atoms with Gasteiger partial charge in [-0.25, -0.2) is 0 Å². The van der Waals surface area contributed by atoms with Crippen LogP contribution in [0.1, 0.15) is 29.3 Å². The molecule has 0 heterocycles. The van der Waals surface area contributed by atoms with Crippen LogP contribution in [0.2, 0.25) is 5.02 Å². The highest BCUT2D eigenvalue weighted by Gasteiger charge is 2.11. The predicted molar refractivity (Wildman–Crippen MR) is 64.8 cm³/mol. The number of aliphatic hydroxyl groups is 1. The summed E-state index contributed by atoms with van der Waals surface area (Å²) in [6, 6.07) is 4.96. The Morgan fingerprint density at radius 1 is 1.56 bits per heavy atom. The molecule has 3 nitrogen and oxygen atoms in total. The van der Waals surface area contributed by atoms with Gasteiger partial charge >= 0.3 is 0 Å². The largest absolute Gasteiger partial charge is 0.394 e. The second kappa shape index (κ2) is 5.87. The lowest BCUT2D eigenvalue weighted by Gasteiger charge is -2.14. The number of halogens is 1. The summed E-state index contributed by atoms with van der Waals surface area (Å²) < 4.78 is 0. The van der Waals surface area contributed by atoms with Gasteiger partial charge in [0.25, 0.3) is 5.91 Å². The third-order valence-corrected chi connectivity index (χ3v) is 2.89. The van der Waals surface area contributed by atoms with E-state index in [9.17, 15) is 4.79 Å². The summed E-state index contributed by atoms with van der Waals surface area (Å²) in [7, 11) is 0. The standard InChI is InChI=1S/C12H16ClNO2/c1-3-10(7-15)14-12(16)9-5-4-8(2)11(13)6-9/h4-6,10,15H,3,7H2,1-2H3,(H,14,16)/t10-/m1/s1. The maximum atomic E-state index is 11.8. The molecular weight excluding hydrogens is 226 g/mol. The molecule has 1 atom stereocenters. The Labute approximate surface area is 100 Å². The van der Waals surface area contributed by atoms with E-state index in [1.54, 1.807) is 18.2 Å². The van der Waals surface area contributed by atoms with Gasteiger partial charge in [-0.05, 0) is 31.0 Å². The number of carbonyl (C=O) groups is 1. The third-order valence-electron chi connectivity index (χ3n) is 2.48. The fourth-order valence-electron chi connectivity index (χ4n) is 1.28. The van der Waals surface area contributed by atoms with E-state index >= 15 is 0 Å². The second-order valence-electron chi connectivity index (χ2n) is 3.73. The van der Waals surface area contributed by atoms with Crippen LogP contribution >= 0.6 is 11.6 Å². The van der Waals surface area contributed by atoms with Crippen molar-refractivity contribution in [2.24, 2.45) is 0 Å². The third kappa shape index (κ3) is 3.22. The molecule has 1 rings (SSSR count). The molecule has 1 aromatic rings. The Bertz CT molecular complexity index is 375. The van der Waals surface area contributed by atoms with Crippen molar-refractivity contribution in [3.63, 3.8) is 0 Å². The summed E-state index contributed by atoms with van der Waals surface area (Å²) >= 11 is 5.93. The summed E-state index contributed by atoms with van der Waals surface area (Å²) in [5.74, 6) is -0.206. The van der Waals surface area contributed by atoms with Crippen LogP contribution in [0.5, 0.6) is 0 Å². The smallest absolute Gasteiger partial charge is 0.251 e. The minimum absolute atomic E-state index is 0.0537. The number of hydrogen-bond acceptors (Lipinski definition) is 2. The predicted octanol–water partition coefficient (Wildman–Crippen LogP) is 2.15. The van der Waals surface area contributed by atoms with Crippen LogP contribution in [0, 0.1) is 6.92 Å². The highest BCUT2D eigenvalue weighted by atomic mass is 35.5. The van der Waals surface area contributed by atoms with Crippen molar-refractivity contribution in [2.75, 3.05) is 6.61 Å². The van der Waals surface area contributed by atoms with E-state index in [4.69, 9.17) is 16.7 Å². The van der Waals surface area contributed by atoms with Crippen molar-refractivity contribution in [1.29, 1.82) is 0 Å². The SMILES string of the molecule is CC[C@H](CO)NC(=O)c1ccc(C)c(Cl)c1. The summed E-state index contributed by atoms with van der Waals surface area (Å²) in [5, 5.41) is 12.3. The molecule has 1 aromatic carbocycles. The minimum Gasteiger partial charge on any atom is -0.394 e. The van der Waals surface area contributed by atoms with Crippen LogP contribution in [0.25, 0.3) is 0 Å². The average Bonchev–Trinajstić information content (AvgIpc) is 2.29. The molecule has 0 saturated heterocycles. The molecule has 0 radical (unpaired) electrons. The van der Waals surface area contributed by atoms with Gasteiger partial charge in [-0.1, -0.05) is 24.6 Å². The lowest BCUT2D eigenvalue weighted by Crippen LogP contribution is -2.36. The molecule has 0 saturated carbocycles. The summed E-state index contributed by atoms with van der Waals surface area (Å²) in [6.07, 6.45) is 0.696. The van der Waals surface area contributed by atoms with E-state index in [-0.39, 0.29) is 18.6 Å². The van der Waals surface area contributed by atoms with Crippen LogP contribution < -0.4 is 5.32 Å². The zero-order valence-corrected chi connectivity index (χ0v) is 10.2. The Hall–Kier alpha value is -1.06. The van der Waals surface area contributed by atoms with Gasteiger partial charge in [0.05, 0.1) is 12.6 Å². The zero-order chi connectivity index (χ0) is 12.1. The lowest BCUT2D eigenvalue weighted by atomic mass is 10.1. The van der Waals surface area contributed by atoms with Crippen molar-refractivity contribution >= 4 is 17.5 Å². The van der Waals surface area contributed by atoms with Crippen LogP contribution in [0.4, 0.5) is 0 Å². The monoisotopic (exact) mass is 241 g/mol. The molecule has 0 spiro atoms. The van der Waals surface area contributed by atoms with Crippen LogP contribution in [0.3, 0.4) is 0 Å². The first kappa shape index (κ1) is 13.0. The number of benzene rings is 1. The molecule has 16 heavy (non-hydrogen) atoms. The van der Waals surface area contributed by atoms with Crippen molar-refractivity contribution in [1.82, 2.24) is 5.32 Å². The quantitative estimate of drug-likeness (QED) is 0.849. The number of aliphatic hydroxyl groups excluding tert-OH is 1. The van der Waals surface area contributed by atoms with Crippen molar-refractivity contribution < 1.29 is 9.90 Å². The maximum Gasteiger partial charge on any atom is 0.251 e. The fourth-order valence-corrected chi connectivity index (χ4v) is 1.46. The van der Waals surface area contributed by atoms with Crippen LogP contribution in [0.15, 0.2) is 18.2 Å². The van der Waals surface area contributed by atoms with Crippen molar-refractivity contribution in [3.05, 3.63) is 34.3 Å². The molecule has 0 aliphatic heterocycles. The van der Waals surface area contributed by atoms with Gasteiger partial charge in [0.15, 0.2) is 0 Å². The highest BCUT2D eigenvalue weighted by molar-refractivity contribution is 6.31. The summed E-state index contributed by atoms with van der Waals surface area (Å²) in [5.41, 5.74) is 1.45.